The number of nitrogens with zero attached hydrogens (tertiary/aromatic N) is 2. The van der Waals surface area contributed by atoms with Crippen LogP contribution in [0, 0.1) is 6.92 Å². The molecule has 8 nitrogen and oxygen atoms in total. The summed E-state index contributed by atoms with van der Waals surface area (Å²) in [6, 6.07) is 13.3. The molecule has 1 N–H and O–H groups in total. The second-order valence-electron chi connectivity index (χ2n) is 7.01. The topological polar surface area (TPSA) is 91.7 Å². The van der Waals surface area contributed by atoms with Crippen molar-refractivity contribution in [3.8, 4) is 23.1 Å². The Bertz CT molecular complexity index is 1180. The van der Waals surface area contributed by atoms with Gasteiger partial charge in [-0.2, -0.15) is 4.68 Å². The first-order chi connectivity index (χ1) is 15.3. The standard InChI is InChI=1S/C23H24ClN3O5/c1-14-5-6-17(24)12-19(14)27-22(28)10-9-21(26-27)32-15(2)23(29)25-13-16-11-18(30-3)7-8-20(16)31-4/h5-12,15H,13H2,1-4H3,(H,25,29). The van der Waals surface area contributed by atoms with E-state index in [9.17, 15) is 9.59 Å². The Balaban J connectivity index is 1.72. The minimum absolute atomic E-state index is 0.130. The number of hydrogen-bond acceptors (Lipinski definition) is 6. The van der Waals surface area contributed by atoms with Crippen molar-refractivity contribution in [2.75, 3.05) is 14.2 Å². The lowest BCUT2D eigenvalue weighted by Gasteiger charge is -2.16. The average molecular weight is 458 g/mol. The molecular weight excluding hydrogens is 434 g/mol. The van der Waals surface area contributed by atoms with Gasteiger partial charge in [-0.05, 0) is 49.7 Å². The third-order valence-electron chi connectivity index (χ3n) is 4.78. The van der Waals surface area contributed by atoms with Gasteiger partial charge in [-0.15, -0.1) is 5.10 Å². The summed E-state index contributed by atoms with van der Waals surface area (Å²) >= 11 is 6.07. The number of aromatic nitrogens is 2. The van der Waals surface area contributed by atoms with E-state index in [2.05, 4.69) is 10.4 Å². The van der Waals surface area contributed by atoms with Crippen LogP contribution >= 0.6 is 11.6 Å². The van der Waals surface area contributed by atoms with Gasteiger partial charge in [0.2, 0.25) is 5.88 Å². The SMILES string of the molecule is COc1ccc(OC)c(CNC(=O)C(C)Oc2ccc(=O)n(-c3cc(Cl)ccc3C)n2)c1. The lowest BCUT2D eigenvalue weighted by Crippen LogP contribution is -2.36. The zero-order chi connectivity index (χ0) is 23.3. The number of methoxy groups -OCH3 is 2. The quantitative estimate of drug-likeness (QED) is 0.558. The number of carbonyl (C=O) groups excluding carboxylic acids is 1. The number of hydrogen-bond donors (Lipinski definition) is 1. The molecule has 9 heteroatoms. The Kier molecular flexibility index (Phi) is 7.37. The fraction of sp³-hybridized carbons (Fsp3) is 0.261. The summed E-state index contributed by atoms with van der Waals surface area (Å²) in [6.45, 7) is 3.66. The summed E-state index contributed by atoms with van der Waals surface area (Å²) in [5.74, 6) is 1.06. The van der Waals surface area contributed by atoms with E-state index in [-0.39, 0.29) is 23.9 Å². The van der Waals surface area contributed by atoms with Gasteiger partial charge in [-0.25, -0.2) is 0 Å². The molecule has 0 fully saturated rings. The molecule has 0 saturated heterocycles. The number of carbonyl (C=O) groups is 1. The van der Waals surface area contributed by atoms with Gasteiger partial charge in [0.1, 0.15) is 11.5 Å². The predicted molar refractivity (Wildman–Crippen MR) is 121 cm³/mol. The summed E-state index contributed by atoms with van der Waals surface area (Å²) in [6.07, 6.45) is -0.856. The van der Waals surface area contributed by atoms with E-state index in [4.69, 9.17) is 25.8 Å². The van der Waals surface area contributed by atoms with Crippen LogP contribution in [0.15, 0.2) is 53.3 Å². The van der Waals surface area contributed by atoms with E-state index in [0.29, 0.717) is 22.2 Å². The Morgan fingerprint density at radius 3 is 2.62 bits per heavy atom. The van der Waals surface area contributed by atoms with E-state index in [0.717, 1.165) is 11.1 Å². The van der Waals surface area contributed by atoms with E-state index < -0.39 is 6.10 Å². The van der Waals surface area contributed by atoms with Gasteiger partial charge in [0, 0.05) is 29.3 Å². The van der Waals surface area contributed by atoms with Gasteiger partial charge < -0.3 is 19.5 Å². The number of halogens is 1. The molecule has 1 unspecified atom stereocenters. The van der Waals surface area contributed by atoms with E-state index >= 15 is 0 Å². The zero-order valence-electron chi connectivity index (χ0n) is 18.2. The first-order valence-electron chi connectivity index (χ1n) is 9.84. The highest BCUT2D eigenvalue weighted by molar-refractivity contribution is 6.30. The molecule has 0 radical (unpaired) electrons. The molecule has 3 aromatic rings. The van der Waals surface area contributed by atoms with Crippen LogP contribution in [0.2, 0.25) is 5.02 Å². The molecule has 32 heavy (non-hydrogen) atoms. The summed E-state index contributed by atoms with van der Waals surface area (Å²) in [7, 11) is 3.12. The maximum Gasteiger partial charge on any atom is 0.271 e. The van der Waals surface area contributed by atoms with Crippen molar-refractivity contribution in [1.29, 1.82) is 0 Å². The smallest absolute Gasteiger partial charge is 0.271 e. The van der Waals surface area contributed by atoms with Gasteiger partial charge >= 0.3 is 0 Å². The number of aryl methyl sites for hydroxylation is 1. The predicted octanol–water partition coefficient (Wildman–Crippen LogP) is 3.30. The molecule has 0 bridgehead atoms. The molecule has 168 valence electrons. The molecular formula is C23H24ClN3O5. The monoisotopic (exact) mass is 457 g/mol. The van der Waals surface area contributed by atoms with Crippen molar-refractivity contribution in [3.63, 3.8) is 0 Å². The molecule has 0 aliphatic rings. The Hall–Kier alpha value is -3.52. The van der Waals surface area contributed by atoms with Crippen LogP contribution in [-0.4, -0.2) is 36.0 Å². The first-order valence-corrected chi connectivity index (χ1v) is 10.2. The van der Waals surface area contributed by atoms with Crippen LogP contribution in [-0.2, 0) is 11.3 Å². The summed E-state index contributed by atoms with van der Waals surface area (Å²) < 4.78 is 17.4. The minimum atomic E-state index is -0.856. The fourth-order valence-corrected chi connectivity index (χ4v) is 3.19. The van der Waals surface area contributed by atoms with Gasteiger partial charge in [0.15, 0.2) is 6.10 Å². The van der Waals surface area contributed by atoms with Gasteiger partial charge in [0.25, 0.3) is 11.5 Å². The second kappa shape index (κ2) is 10.2. The number of nitrogens with one attached hydrogen (secondary N) is 1. The summed E-state index contributed by atoms with van der Waals surface area (Å²) in [5, 5.41) is 7.53. The Labute approximate surface area is 190 Å². The molecule has 1 heterocycles. The molecule has 3 rings (SSSR count). The molecule has 0 saturated carbocycles. The zero-order valence-corrected chi connectivity index (χ0v) is 19.0. The van der Waals surface area contributed by atoms with Crippen molar-refractivity contribution >= 4 is 17.5 Å². The molecule has 0 aliphatic heterocycles. The van der Waals surface area contributed by atoms with Gasteiger partial charge in [-0.3, -0.25) is 9.59 Å². The Morgan fingerprint density at radius 1 is 1.12 bits per heavy atom. The molecule has 0 spiro atoms. The first kappa shape index (κ1) is 23.1. The third-order valence-corrected chi connectivity index (χ3v) is 5.02. The number of amides is 1. The highest BCUT2D eigenvalue weighted by atomic mass is 35.5. The summed E-state index contributed by atoms with van der Waals surface area (Å²) in [4.78, 5) is 24.9. The van der Waals surface area contributed by atoms with Crippen LogP contribution in [0.25, 0.3) is 5.69 Å². The average Bonchev–Trinajstić information content (AvgIpc) is 2.80. The van der Waals surface area contributed by atoms with Crippen molar-refractivity contribution in [3.05, 3.63) is 75.0 Å². The van der Waals surface area contributed by atoms with Crippen molar-refractivity contribution in [1.82, 2.24) is 15.1 Å². The number of rotatable bonds is 8. The van der Waals surface area contributed by atoms with E-state index in [1.165, 1.54) is 16.8 Å². The van der Waals surface area contributed by atoms with E-state index in [1.54, 1.807) is 57.5 Å². The van der Waals surface area contributed by atoms with Crippen LogP contribution in [0.1, 0.15) is 18.1 Å². The molecule has 1 aromatic heterocycles. The van der Waals surface area contributed by atoms with Crippen LogP contribution in [0.3, 0.4) is 0 Å². The summed E-state index contributed by atoms with van der Waals surface area (Å²) in [5.41, 5.74) is 1.77. The van der Waals surface area contributed by atoms with E-state index in [1.807, 2.05) is 6.92 Å². The molecule has 2 aromatic carbocycles. The lowest BCUT2D eigenvalue weighted by atomic mass is 10.2. The molecule has 1 amide bonds. The minimum Gasteiger partial charge on any atom is -0.497 e. The largest absolute Gasteiger partial charge is 0.497 e. The van der Waals surface area contributed by atoms with Crippen molar-refractivity contribution in [2.24, 2.45) is 0 Å². The Morgan fingerprint density at radius 2 is 1.91 bits per heavy atom. The van der Waals surface area contributed by atoms with Crippen molar-refractivity contribution in [2.45, 2.75) is 26.5 Å². The van der Waals surface area contributed by atoms with Crippen LogP contribution in [0.4, 0.5) is 0 Å². The second-order valence-corrected chi connectivity index (χ2v) is 7.44. The third kappa shape index (κ3) is 5.39. The van der Waals surface area contributed by atoms with Gasteiger partial charge in [0.05, 0.1) is 19.9 Å². The fourth-order valence-electron chi connectivity index (χ4n) is 3.02. The maximum atomic E-state index is 12.6. The van der Waals surface area contributed by atoms with Crippen LogP contribution in [0.5, 0.6) is 17.4 Å². The highest BCUT2D eigenvalue weighted by Crippen LogP contribution is 2.24. The maximum absolute atomic E-state index is 12.6. The number of ether oxygens (including phenoxy) is 3. The molecule has 0 aliphatic carbocycles. The van der Waals surface area contributed by atoms with Crippen molar-refractivity contribution < 1.29 is 19.0 Å². The van der Waals surface area contributed by atoms with Gasteiger partial charge in [-0.1, -0.05) is 17.7 Å². The lowest BCUT2D eigenvalue weighted by molar-refractivity contribution is -0.127. The molecule has 1 atom stereocenters. The van der Waals surface area contributed by atoms with Crippen LogP contribution < -0.4 is 25.1 Å². The normalized spacial score (nSPS) is 11.5. The number of benzene rings is 2. The highest BCUT2D eigenvalue weighted by Gasteiger charge is 2.17.